The molecule has 3 rings (SSSR count). The summed E-state index contributed by atoms with van der Waals surface area (Å²) in [6.07, 6.45) is 0.101. The van der Waals surface area contributed by atoms with Crippen LogP contribution in [0.2, 0.25) is 0 Å². The van der Waals surface area contributed by atoms with E-state index in [1.807, 2.05) is 30.3 Å². The number of aromatic nitrogens is 2. The summed E-state index contributed by atoms with van der Waals surface area (Å²) in [4.78, 5) is 15.5. The van der Waals surface area contributed by atoms with E-state index in [9.17, 15) is 9.90 Å². The number of benzene rings is 1. The predicted octanol–water partition coefficient (Wildman–Crippen LogP) is 0.691. The normalized spacial score (nSPS) is 24.0. The second kappa shape index (κ2) is 6.91. The van der Waals surface area contributed by atoms with E-state index in [1.165, 1.54) is 16.8 Å². The van der Waals surface area contributed by atoms with Crippen LogP contribution in [0.25, 0.3) is 0 Å². The molecule has 0 amide bonds. The Hall–Kier alpha value is -2.22. The Morgan fingerprint density at radius 3 is 2.87 bits per heavy atom. The average Bonchev–Trinajstić information content (AvgIpc) is 2.89. The van der Waals surface area contributed by atoms with Gasteiger partial charge in [-0.1, -0.05) is 30.3 Å². The van der Waals surface area contributed by atoms with Crippen molar-refractivity contribution in [2.45, 2.75) is 31.5 Å². The fourth-order valence-electron chi connectivity index (χ4n) is 2.55. The van der Waals surface area contributed by atoms with Crippen LogP contribution in [0.1, 0.15) is 18.2 Å². The topological polar surface area (TPSA) is 99.6 Å². The number of hydrogen-bond donors (Lipinski definition) is 2. The Bertz CT molecular complexity index is 704. The van der Waals surface area contributed by atoms with E-state index in [4.69, 9.17) is 15.2 Å². The van der Waals surface area contributed by atoms with Gasteiger partial charge in [0.1, 0.15) is 18.1 Å². The van der Waals surface area contributed by atoms with Gasteiger partial charge < -0.3 is 20.3 Å². The molecule has 2 heterocycles. The van der Waals surface area contributed by atoms with Crippen molar-refractivity contribution in [1.29, 1.82) is 0 Å². The van der Waals surface area contributed by atoms with Gasteiger partial charge in [-0.3, -0.25) is 4.57 Å². The van der Waals surface area contributed by atoms with Crippen LogP contribution in [0.5, 0.6) is 0 Å². The Morgan fingerprint density at radius 2 is 2.13 bits per heavy atom. The first kappa shape index (κ1) is 15.7. The maximum Gasteiger partial charge on any atom is 0.351 e. The predicted molar refractivity (Wildman–Crippen MR) is 83.5 cm³/mol. The van der Waals surface area contributed by atoms with Crippen molar-refractivity contribution in [2.24, 2.45) is 0 Å². The van der Waals surface area contributed by atoms with E-state index in [0.29, 0.717) is 13.0 Å². The molecule has 1 aromatic heterocycles. The van der Waals surface area contributed by atoms with Crippen LogP contribution in [0.4, 0.5) is 5.82 Å². The molecular formula is C16H19N3O4. The minimum Gasteiger partial charge on any atom is -0.390 e. The fourth-order valence-corrected chi connectivity index (χ4v) is 2.55. The lowest BCUT2D eigenvalue weighted by molar-refractivity contribution is -0.0666. The van der Waals surface area contributed by atoms with Crippen LogP contribution >= 0.6 is 0 Å². The molecule has 7 heteroatoms. The van der Waals surface area contributed by atoms with Gasteiger partial charge in [0.15, 0.2) is 0 Å². The number of rotatable bonds is 5. The lowest BCUT2D eigenvalue weighted by Crippen LogP contribution is -2.28. The van der Waals surface area contributed by atoms with E-state index in [-0.39, 0.29) is 12.4 Å². The molecule has 0 spiro atoms. The van der Waals surface area contributed by atoms with Crippen LogP contribution in [-0.4, -0.2) is 33.5 Å². The van der Waals surface area contributed by atoms with Gasteiger partial charge in [0.25, 0.3) is 0 Å². The lowest BCUT2D eigenvalue weighted by Gasteiger charge is -2.16. The van der Waals surface area contributed by atoms with Gasteiger partial charge in [0.2, 0.25) is 0 Å². The third-order valence-corrected chi connectivity index (χ3v) is 3.76. The van der Waals surface area contributed by atoms with E-state index in [2.05, 4.69) is 4.98 Å². The molecule has 122 valence electrons. The van der Waals surface area contributed by atoms with Crippen molar-refractivity contribution >= 4 is 5.82 Å². The first-order chi connectivity index (χ1) is 11.1. The Kier molecular flexibility index (Phi) is 4.71. The Morgan fingerprint density at radius 1 is 1.35 bits per heavy atom. The van der Waals surface area contributed by atoms with Crippen LogP contribution in [-0.2, 0) is 16.1 Å². The molecule has 2 aromatic rings. The molecule has 3 atom stereocenters. The molecule has 0 radical (unpaired) electrons. The fraction of sp³-hybridized carbons (Fsp3) is 0.375. The zero-order valence-electron chi connectivity index (χ0n) is 12.5. The van der Waals surface area contributed by atoms with Crippen molar-refractivity contribution in [2.75, 3.05) is 12.3 Å². The number of nitrogen functional groups attached to an aromatic ring is 1. The van der Waals surface area contributed by atoms with E-state index >= 15 is 0 Å². The van der Waals surface area contributed by atoms with Gasteiger partial charge in [0, 0.05) is 12.6 Å². The van der Waals surface area contributed by atoms with E-state index in [0.717, 1.165) is 5.56 Å². The molecule has 0 saturated carbocycles. The minimum absolute atomic E-state index is 0.160. The molecule has 3 N–H and O–H groups in total. The highest BCUT2D eigenvalue weighted by atomic mass is 16.6. The quantitative estimate of drug-likeness (QED) is 0.842. The maximum absolute atomic E-state index is 11.8. The van der Waals surface area contributed by atoms with Crippen LogP contribution in [0, 0.1) is 0 Å². The van der Waals surface area contributed by atoms with Gasteiger partial charge in [0.05, 0.1) is 19.3 Å². The number of anilines is 1. The summed E-state index contributed by atoms with van der Waals surface area (Å²) < 4.78 is 12.7. The summed E-state index contributed by atoms with van der Waals surface area (Å²) in [5.41, 5.74) is 6.03. The second-order valence-electron chi connectivity index (χ2n) is 5.48. The zero-order chi connectivity index (χ0) is 16.2. The first-order valence-electron chi connectivity index (χ1n) is 7.43. The molecule has 1 fully saturated rings. The van der Waals surface area contributed by atoms with Crippen molar-refractivity contribution in [3.8, 4) is 0 Å². The maximum atomic E-state index is 11.8. The van der Waals surface area contributed by atoms with Gasteiger partial charge in [-0.2, -0.15) is 4.98 Å². The molecule has 0 aliphatic carbocycles. The largest absolute Gasteiger partial charge is 0.390 e. The van der Waals surface area contributed by atoms with Crippen molar-refractivity contribution < 1.29 is 14.6 Å². The Labute approximate surface area is 133 Å². The highest BCUT2D eigenvalue weighted by Gasteiger charge is 2.35. The van der Waals surface area contributed by atoms with E-state index in [1.54, 1.807) is 0 Å². The number of aliphatic hydroxyl groups is 1. The second-order valence-corrected chi connectivity index (χ2v) is 5.48. The number of aliphatic hydroxyl groups excluding tert-OH is 1. The lowest BCUT2D eigenvalue weighted by atomic mass is 10.2. The van der Waals surface area contributed by atoms with Crippen molar-refractivity contribution in [3.05, 3.63) is 58.6 Å². The monoisotopic (exact) mass is 317 g/mol. The number of nitrogens with zero attached hydrogens (tertiary/aromatic N) is 2. The van der Waals surface area contributed by atoms with Crippen LogP contribution < -0.4 is 11.4 Å². The van der Waals surface area contributed by atoms with E-state index < -0.39 is 24.1 Å². The Balaban J connectivity index is 1.57. The zero-order valence-corrected chi connectivity index (χ0v) is 12.5. The van der Waals surface area contributed by atoms with Gasteiger partial charge in [-0.25, -0.2) is 4.79 Å². The summed E-state index contributed by atoms with van der Waals surface area (Å²) in [7, 11) is 0. The molecule has 23 heavy (non-hydrogen) atoms. The molecule has 1 aliphatic rings. The molecule has 1 aliphatic heterocycles. The third-order valence-electron chi connectivity index (χ3n) is 3.76. The molecule has 1 saturated heterocycles. The van der Waals surface area contributed by atoms with Crippen molar-refractivity contribution in [1.82, 2.24) is 9.55 Å². The van der Waals surface area contributed by atoms with Crippen LogP contribution in [0.3, 0.4) is 0 Å². The molecule has 7 nitrogen and oxygen atoms in total. The van der Waals surface area contributed by atoms with Crippen LogP contribution in [0.15, 0.2) is 47.4 Å². The standard InChI is InChI=1S/C16H19N3O4/c17-14-6-7-19(16(21)18-14)15-8-12(20)13(23-15)10-22-9-11-4-2-1-3-5-11/h1-7,12-13,15,20H,8-10H2,(H2,17,18,21)/t12-,13+,15+/m0/s1. The average molecular weight is 317 g/mol. The highest BCUT2D eigenvalue weighted by molar-refractivity contribution is 5.23. The molecule has 0 bridgehead atoms. The molecule has 1 aromatic carbocycles. The summed E-state index contributed by atoms with van der Waals surface area (Å²) >= 11 is 0. The number of nitrogens with two attached hydrogens (primary N) is 1. The molecule has 0 unspecified atom stereocenters. The summed E-state index contributed by atoms with van der Waals surface area (Å²) in [6.45, 7) is 0.700. The highest BCUT2D eigenvalue weighted by Crippen LogP contribution is 2.28. The molecular weight excluding hydrogens is 298 g/mol. The number of ether oxygens (including phenoxy) is 2. The van der Waals surface area contributed by atoms with Gasteiger partial charge in [-0.15, -0.1) is 0 Å². The summed E-state index contributed by atoms with van der Waals surface area (Å²) in [6, 6.07) is 11.3. The summed E-state index contributed by atoms with van der Waals surface area (Å²) in [5.74, 6) is 0.160. The SMILES string of the molecule is Nc1ccn([C@H]2C[C@H](O)[C@@H](COCc3ccccc3)O2)c(=O)n1. The minimum atomic E-state index is -0.694. The summed E-state index contributed by atoms with van der Waals surface area (Å²) in [5, 5.41) is 10.1. The van der Waals surface area contributed by atoms with Crippen molar-refractivity contribution in [3.63, 3.8) is 0 Å². The van der Waals surface area contributed by atoms with Gasteiger partial charge in [-0.05, 0) is 11.6 Å². The van der Waals surface area contributed by atoms with Gasteiger partial charge >= 0.3 is 5.69 Å². The first-order valence-corrected chi connectivity index (χ1v) is 7.43. The third kappa shape index (κ3) is 3.76. The number of hydrogen-bond acceptors (Lipinski definition) is 6. The smallest absolute Gasteiger partial charge is 0.351 e.